The molecule has 14 heavy (non-hydrogen) atoms. The summed E-state index contributed by atoms with van der Waals surface area (Å²) in [6.45, 7) is 6.12. The summed E-state index contributed by atoms with van der Waals surface area (Å²) in [5, 5.41) is 9.20. The average Bonchev–Trinajstić information content (AvgIpc) is 2.17. The topological polar surface area (TPSA) is 20.2 Å². The van der Waals surface area contributed by atoms with Crippen LogP contribution in [-0.4, -0.2) is 11.7 Å². The Morgan fingerprint density at radius 2 is 2.00 bits per heavy atom. The van der Waals surface area contributed by atoms with E-state index < -0.39 is 0 Å². The molecule has 1 aromatic rings. The van der Waals surface area contributed by atoms with Crippen LogP contribution in [0.2, 0.25) is 0 Å². The van der Waals surface area contributed by atoms with Crippen LogP contribution in [0.25, 0.3) is 0 Å². The summed E-state index contributed by atoms with van der Waals surface area (Å²) < 4.78 is 0. The summed E-state index contributed by atoms with van der Waals surface area (Å²) in [5.74, 6) is 0.315. The standard InChI is InChI=1S/C13H18O/c1-11(2)8-13(10-14)9-12-6-4-3-5-7-12/h3-7,13-14H,1,8-10H2,2H3. The SMILES string of the molecule is C=C(C)CC(CO)Cc1ccccc1. The molecule has 1 nitrogen and oxygen atoms in total. The highest BCUT2D eigenvalue weighted by Gasteiger charge is 2.08. The number of aliphatic hydroxyl groups excluding tert-OH is 1. The van der Waals surface area contributed by atoms with Crippen LogP contribution in [0, 0.1) is 5.92 Å². The predicted molar refractivity (Wildman–Crippen MR) is 60.2 cm³/mol. The van der Waals surface area contributed by atoms with E-state index in [0.717, 1.165) is 18.4 Å². The average molecular weight is 190 g/mol. The maximum Gasteiger partial charge on any atom is 0.0465 e. The second-order valence-corrected chi connectivity index (χ2v) is 3.90. The van der Waals surface area contributed by atoms with Gasteiger partial charge in [-0.05, 0) is 31.2 Å². The van der Waals surface area contributed by atoms with E-state index in [2.05, 4.69) is 18.7 Å². The van der Waals surface area contributed by atoms with Crippen molar-refractivity contribution in [1.82, 2.24) is 0 Å². The summed E-state index contributed by atoms with van der Waals surface area (Å²) in [6.07, 6.45) is 1.84. The first-order valence-corrected chi connectivity index (χ1v) is 5.01. The molecule has 0 heterocycles. The summed E-state index contributed by atoms with van der Waals surface area (Å²) in [4.78, 5) is 0. The molecule has 1 unspecified atom stereocenters. The van der Waals surface area contributed by atoms with Crippen molar-refractivity contribution in [2.24, 2.45) is 5.92 Å². The van der Waals surface area contributed by atoms with Gasteiger partial charge in [-0.15, -0.1) is 6.58 Å². The van der Waals surface area contributed by atoms with Crippen LogP contribution < -0.4 is 0 Å². The summed E-state index contributed by atoms with van der Waals surface area (Å²) in [5.41, 5.74) is 2.42. The molecule has 0 spiro atoms. The van der Waals surface area contributed by atoms with Crippen molar-refractivity contribution in [2.45, 2.75) is 19.8 Å². The van der Waals surface area contributed by atoms with Crippen LogP contribution in [0.5, 0.6) is 0 Å². The lowest BCUT2D eigenvalue weighted by molar-refractivity contribution is 0.225. The van der Waals surface area contributed by atoms with Crippen molar-refractivity contribution in [3.05, 3.63) is 48.0 Å². The van der Waals surface area contributed by atoms with Gasteiger partial charge in [0.05, 0.1) is 0 Å². The van der Waals surface area contributed by atoms with Gasteiger partial charge in [0.15, 0.2) is 0 Å². The van der Waals surface area contributed by atoms with Gasteiger partial charge in [-0.1, -0.05) is 35.9 Å². The van der Waals surface area contributed by atoms with Gasteiger partial charge < -0.3 is 5.11 Å². The van der Waals surface area contributed by atoms with Crippen molar-refractivity contribution in [3.63, 3.8) is 0 Å². The Hall–Kier alpha value is -1.08. The molecule has 0 saturated heterocycles. The maximum atomic E-state index is 9.20. The molecule has 0 bridgehead atoms. The Morgan fingerprint density at radius 3 is 2.50 bits per heavy atom. The molecular weight excluding hydrogens is 172 g/mol. The van der Waals surface area contributed by atoms with Gasteiger partial charge in [0, 0.05) is 6.61 Å². The smallest absolute Gasteiger partial charge is 0.0465 e. The molecule has 0 aliphatic heterocycles. The molecule has 1 atom stereocenters. The molecule has 76 valence electrons. The van der Waals surface area contributed by atoms with E-state index in [0.29, 0.717) is 5.92 Å². The molecular formula is C13H18O. The van der Waals surface area contributed by atoms with E-state index in [4.69, 9.17) is 0 Å². The minimum atomic E-state index is 0.238. The molecule has 1 aromatic carbocycles. The molecule has 0 fully saturated rings. The fraction of sp³-hybridized carbons (Fsp3) is 0.385. The van der Waals surface area contributed by atoms with Crippen LogP contribution in [0.15, 0.2) is 42.5 Å². The van der Waals surface area contributed by atoms with Gasteiger partial charge in [-0.2, -0.15) is 0 Å². The van der Waals surface area contributed by atoms with Crippen LogP contribution in [0.3, 0.4) is 0 Å². The normalized spacial score (nSPS) is 12.4. The van der Waals surface area contributed by atoms with Crippen molar-refractivity contribution in [2.75, 3.05) is 6.61 Å². The molecule has 0 aliphatic rings. The molecule has 0 radical (unpaired) electrons. The number of aliphatic hydroxyl groups is 1. The van der Waals surface area contributed by atoms with E-state index in [1.165, 1.54) is 5.56 Å². The second kappa shape index (κ2) is 5.61. The highest BCUT2D eigenvalue weighted by Crippen LogP contribution is 2.15. The van der Waals surface area contributed by atoms with Crippen molar-refractivity contribution in [1.29, 1.82) is 0 Å². The lowest BCUT2D eigenvalue weighted by Gasteiger charge is -2.13. The van der Waals surface area contributed by atoms with Crippen LogP contribution in [0.4, 0.5) is 0 Å². The highest BCUT2D eigenvalue weighted by molar-refractivity contribution is 5.15. The van der Waals surface area contributed by atoms with E-state index in [-0.39, 0.29) is 6.61 Å². The summed E-state index contributed by atoms with van der Waals surface area (Å²) >= 11 is 0. The highest BCUT2D eigenvalue weighted by atomic mass is 16.3. The number of allylic oxidation sites excluding steroid dienone is 1. The lowest BCUT2D eigenvalue weighted by Crippen LogP contribution is -2.09. The van der Waals surface area contributed by atoms with Gasteiger partial charge in [0.1, 0.15) is 0 Å². The van der Waals surface area contributed by atoms with E-state index in [1.54, 1.807) is 0 Å². The Balaban J connectivity index is 2.53. The zero-order valence-electron chi connectivity index (χ0n) is 8.74. The van der Waals surface area contributed by atoms with Gasteiger partial charge in [-0.25, -0.2) is 0 Å². The third-order valence-corrected chi connectivity index (χ3v) is 2.26. The van der Waals surface area contributed by atoms with Crippen molar-refractivity contribution >= 4 is 0 Å². The summed E-state index contributed by atoms with van der Waals surface area (Å²) in [6, 6.07) is 10.3. The van der Waals surface area contributed by atoms with Crippen molar-refractivity contribution < 1.29 is 5.11 Å². The fourth-order valence-corrected chi connectivity index (χ4v) is 1.64. The molecule has 0 amide bonds. The largest absolute Gasteiger partial charge is 0.396 e. The van der Waals surface area contributed by atoms with Gasteiger partial charge in [0.2, 0.25) is 0 Å². The van der Waals surface area contributed by atoms with Crippen molar-refractivity contribution in [3.8, 4) is 0 Å². The third-order valence-electron chi connectivity index (χ3n) is 2.26. The zero-order valence-corrected chi connectivity index (χ0v) is 8.74. The Morgan fingerprint density at radius 1 is 1.36 bits per heavy atom. The minimum Gasteiger partial charge on any atom is -0.396 e. The Kier molecular flexibility index (Phi) is 4.41. The molecule has 1 heteroatoms. The van der Waals surface area contributed by atoms with E-state index in [1.807, 2.05) is 25.1 Å². The quantitative estimate of drug-likeness (QED) is 0.708. The molecule has 0 aliphatic carbocycles. The lowest BCUT2D eigenvalue weighted by atomic mass is 9.94. The number of rotatable bonds is 5. The summed E-state index contributed by atoms with van der Waals surface area (Å²) in [7, 11) is 0. The fourth-order valence-electron chi connectivity index (χ4n) is 1.64. The first kappa shape index (κ1) is 11.0. The Labute approximate surface area is 86.1 Å². The predicted octanol–water partition coefficient (Wildman–Crippen LogP) is 2.80. The minimum absolute atomic E-state index is 0.238. The third kappa shape index (κ3) is 3.75. The maximum absolute atomic E-state index is 9.20. The van der Waals surface area contributed by atoms with Crippen LogP contribution >= 0.6 is 0 Å². The molecule has 1 N–H and O–H groups in total. The van der Waals surface area contributed by atoms with E-state index in [9.17, 15) is 5.11 Å². The number of hydrogen-bond donors (Lipinski definition) is 1. The van der Waals surface area contributed by atoms with Crippen LogP contribution in [-0.2, 0) is 6.42 Å². The van der Waals surface area contributed by atoms with Gasteiger partial charge in [0.25, 0.3) is 0 Å². The number of hydrogen-bond acceptors (Lipinski definition) is 1. The first-order valence-electron chi connectivity index (χ1n) is 5.01. The number of benzene rings is 1. The Bertz CT molecular complexity index is 277. The molecule has 1 rings (SSSR count). The molecule has 0 saturated carbocycles. The van der Waals surface area contributed by atoms with Gasteiger partial charge in [-0.3, -0.25) is 0 Å². The second-order valence-electron chi connectivity index (χ2n) is 3.90. The van der Waals surface area contributed by atoms with Gasteiger partial charge >= 0.3 is 0 Å². The van der Waals surface area contributed by atoms with Crippen LogP contribution in [0.1, 0.15) is 18.9 Å². The zero-order chi connectivity index (χ0) is 10.4. The monoisotopic (exact) mass is 190 g/mol. The van der Waals surface area contributed by atoms with E-state index >= 15 is 0 Å². The molecule has 0 aromatic heterocycles. The first-order chi connectivity index (χ1) is 6.72.